The molecular formula is C33H35F3N6O3. The third-order valence-electron chi connectivity index (χ3n) is 7.53. The monoisotopic (exact) mass is 620 g/mol. The average Bonchev–Trinajstić information content (AvgIpc) is 3.00. The number of amides is 1. The number of aryl methyl sites for hydroxylation is 2. The summed E-state index contributed by atoms with van der Waals surface area (Å²) in [6, 6.07) is 19.2. The molecule has 1 saturated heterocycles. The molecule has 0 saturated carbocycles. The first kappa shape index (κ1) is 31.6. The van der Waals surface area contributed by atoms with Crippen molar-refractivity contribution >= 4 is 28.9 Å². The quantitative estimate of drug-likeness (QED) is 0.201. The fraction of sp³-hybridized carbons (Fsp3) is 0.303. The molecule has 1 aliphatic heterocycles. The molecule has 12 heteroatoms. The number of piperazine rings is 1. The van der Waals surface area contributed by atoms with Crippen LogP contribution < -0.4 is 25.0 Å². The predicted octanol–water partition coefficient (Wildman–Crippen LogP) is 7.31. The van der Waals surface area contributed by atoms with Gasteiger partial charge in [0.15, 0.2) is 11.5 Å². The highest BCUT2D eigenvalue weighted by Gasteiger charge is 2.33. The van der Waals surface area contributed by atoms with Gasteiger partial charge in [-0.15, -0.1) is 13.2 Å². The number of hydrogen-bond donors (Lipinski definition) is 2. The molecule has 3 aromatic carbocycles. The molecule has 0 atom stereocenters. The first-order valence-corrected chi connectivity index (χ1v) is 14.6. The number of carbonyl (C=O) groups is 1. The summed E-state index contributed by atoms with van der Waals surface area (Å²) in [5, 5.41) is 5.95. The molecule has 0 bridgehead atoms. The fourth-order valence-corrected chi connectivity index (χ4v) is 5.08. The first-order valence-electron chi connectivity index (χ1n) is 14.6. The molecular weight excluding hydrogens is 585 g/mol. The molecule has 0 aliphatic carbocycles. The van der Waals surface area contributed by atoms with Crippen molar-refractivity contribution in [2.24, 2.45) is 0 Å². The number of nitrogens with zero attached hydrogens (tertiary/aromatic N) is 4. The van der Waals surface area contributed by atoms with Crippen LogP contribution in [0, 0.1) is 13.8 Å². The number of hydrogen-bond acceptors (Lipinski definition) is 8. The molecule has 4 aromatic rings. The van der Waals surface area contributed by atoms with E-state index in [0.29, 0.717) is 17.4 Å². The molecule has 1 aliphatic rings. The summed E-state index contributed by atoms with van der Waals surface area (Å²) in [7, 11) is 0. The Labute approximate surface area is 260 Å². The third kappa shape index (κ3) is 8.01. The highest BCUT2D eigenvalue weighted by molar-refractivity contribution is 6.06. The van der Waals surface area contributed by atoms with Gasteiger partial charge in [0.05, 0.1) is 0 Å². The maximum Gasteiger partial charge on any atom is 0.573 e. The van der Waals surface area contributed by atoms with Crippen LogP contribution in [0.2, 0.25) is 0 Å². The summed E-state index contributed by atoms with van der Waals surface area (Å²) < 4.78 is 49.3. The van der Waals surface area contributed by atoms with E-state index in [-0.39, 0.29) is 23.1 Å². The van der Waals surface area contributed by atoms with Crippen molar-refractivity contribution < 1.29 is 27.4 Å². The molecule has 9 nitrogen and oxygen atoms in total. The second kappa shape index (κ2) is 13.4. The minimum absolute atomic E-state index is 0.0825. The number of alkyl halides is 3. The molecule has 0 spiro atoms. The lowest BCUT2D eigenvalue weighted by Gasteiger charge is -2.38. The van der Waals surface area contributed by atoms with Gasteiger partial charge in [0, 0.05) is 55.5 Å². The van der Waals surface area contributed by atoms with E-state index in [1.165, 1.54) is 24.4 Å². The molecule has 1 amide bonds. The normalized spacial score (nSPS) is 13.9. The minimum atomic E-state index is -4.95. The van der Waals surface area contributed by atoms with E-state index >= 15 is 0 Å². The summed E-state index contributed by atoms with van der Waals surface area (Å²) in [6.07, 6.45) is -3.68. The van der Waals surface area contributed by atoms with Crippen LogP contribution in [0.5, 0.6) is 17.4 Å². The van der Waals surface area contributed by atoms with Crippen LogP contribution in [0.15, 0.2) is 72.9 Å². The van der Waals surface area contributed by atoms with Crippen LogP contribution in [-0.4, -0.2) is 59.4 Å². The number of anilines is 4. The van der Waals surface area contributed by atoms with Gasteiger partial charge in [-0.3, -0.25) is 9.69 Å². The third-order valence-corrected chi connectivity index (χ3v) is 7.53. The number of ether oxygens (including phenoxy) is 2. The lowest BCUT2D eigenvalue weighted by Crippen LogP contribution is -2.48. The Morgan fingerprint density at radius 3 is 2.16 bits per heavy atom. The fourth-order valence-electron chi connectivity index (χ4n) is 5.08. The van der Waals surface area contributed by atoms with Gasteiger partial charge < -0.3 is 25.0 Å². The zero-order chi connectivity index (χ0) is 32.1. The van der Waals surface area contributed by atoms with Crippen LogP contribution in [0.1, 0.15) is 35.3 Å². The number of para-hydroxylation sites is 3. The van der Waals surface area contributed by atoms with Crippen LogP contribution in [0.25, 0.3) is 0 Å². The Morgan fingerprint density at radius 2 is 1.53 bits per heavy atom. The van der Waals surface area contributed by atoms with Crippen molar-refractivity contribution in [1.29, 1.82) is 0 Å². The summed E-state index contributed by atoms with van der Waals surface area (Å²) in [5.41, 5.74) is 3.95. The topological polar surface area (TPSA) is 91.9 Å². The van der Waals surface area contributed by atoms with Crippen molar-refractivity contribution in [3.63, 3.8) is 0 Å². The zero-order valence-corrected chi connectivity index (χ0v) is 25.5. The Morgan fingerprint density at radius 1 is 0.889 bits per heavy atom. The van der Waals surface area contributed by atoms with Gasteiger partial charge in [-0.1, -0.05) is 30.3 Å². The second-order valence-corrected chi connectivity index (χ2v) is 11.0. The number of rotatable bonds is 9. The van der Waals surface area contributed by atoms with Crippen molar-refractivity contribution in [3.05, 3.63) is 89.6 Å². The Kier molecular flexibility index (Phi) is 9.43. The first-order chi connectivity index (χ1) is 21.5. The zero-order valence-electron chi connectivity index (χ0n) is 25.5. The lowest BCUT2D eigenvalue weighted by molar-refractivity contribution is -0.275. The van der Waals surface area contributed by atoms with Crippen molar-refractivity contribution in [2.45, 2.75) is 40.1 Å². The smallest absolute Gasteiger partial charge is 0.434 e. The molecule has 1 fully saturated rings. The molecule has 0 unspecified atom stereocenters. The Balaban J connectivity index is 1.40. The van der Waals surface area contributed by atoms with Crippen LogP contribution >= 0.6 is 0 Å². The van der Waals surface area contributed by atoms with Gasteiger partial charge in [0.25, 0.3) is 5.91 Å². The number of aromatic nitrogens is 2. The van der Waals surface area contributed by atoms with Crippen molar-refractivity contribution in [1.82, 2.24) is 14.9 Å². The molecule has 45 heavy (non-hydrogen) atoms. The van der Waals surface area contributed by atoms with Gasteiger partial charge in [0.1, 0.15) is 5.56 Å². The standard InChI is InChI=1S/C33H35F3N6O3/c1-21(2)41-16-18-42(19-17-41)25-14-12-24(13-15-25)38-32-37-20-26(30(43)39-29-22(3)8-7-9-23(29)4)31(40-32)44-27-10-5-6-11-28(27)45-33(34,35)36/h5-15,20-21H,16-19H2,1-4H3,(H,39,43)(H,37,38,40). The summed E-state index contributed by atoms with van der Waals surface area (Å²) in [4.78, 5) is 26.9. The highest BCUT2D eigenvalue weighted by Crippen LogP contribution is 2.36. The SMILES string of the molecule is Cc1cccc(C)c1NC(=O)c1cnc(Nc2ccc(N3CCN(C(C)C)CC3)cc2)nc1Oc1ccccc1OC(F)(F)F. The van der Waals surface area contributed by atoms with E-state index in [9.17, 15) is 18.0 Å². The number of halogens is 3. The van der Waals surface area contributed by atoms with Crippen molar-refractivity contribution in [3.8, 4) is 17.4 Å². The molecule has 0 radical (unpaired) electrons. The number of benzene rings is 3. The number of carbonyl (C=O) groups excluding carboxylic acids is 1. The molecule has 5 rings (SSSR count). The average molecular weight is 621 g/mol. The maximum absolute atomic E-state index is 13.4. The van der Waals surface area contributed by atoms with Crippen molar-refractivity contribution in [2.75, 3.05) is 41.7 Å². The summed E-state index contributed by atoms with van der Waals surface area (Å²) in [5.74, 6) is -1.62. The molecule has 236 valence electrons. The van der Waals surface area contributed by atoms with Gasteiger partial charge in [-0.05, 0) is 75.2 Å². The van der Waals surface area contributed by atoms with Gasteiger partial charge in [-0.2, -0.15) is 4.98 Å². The van der Waals surface area contributed by atoms with Gasteiger partial charge in [0.2, 0.25) is 11.8 Å². The van der Waals surface area contributed by atoms with E-state index < -0.39 is 18.0 Å². The van der Waals surface area contributed by atoms with E-state index in [2.05, 4.69) is 49.0 Å². The minimum Gasteiger partial charge on any atom is -0.434 e. The van der Waals surface area contributed by atoms with Crippen LogP contribution in [0.4, 0.5) is 36.2 Å². The maximum atomic E-state index is 13.4. The van der Waals surface area contributed by atoms with E-state index in [1.807, 2.05) is 56.3 Å². The Bertz CT molecular complexity index is 1620. The van der Waals surface area contributed by atoms with Crippen LogP contribution in [0.3, 0.4) is 0 Å². The molecule has 2 N–H and O–H groups in total. The molecule has 2 heterocycles. The number of nitrogens with one attached hydrogen (secondary N) is 2. The predicted molar refractivity (Wildman–Crippen MR) is 168 cm³/mol. The van der Waals surface area contributed by atoms with E-state index in [1.54, 1.807) is 0 Å². The van der Waals surface area contributed by atoms with Gasteiger partial charge >= 0.3 is 6.36 Å². The highest BCUT2D eigenvalue weighted by atomic mass is 19.4. The lowest BCUT2D eigenvalue weighted by atomic mass is 10.1. The van der Waals surface area contributed by atoms with Gasteiger partial charge in [-0.25, -0.2) is 4.98 Å². The Hall–Kier alpha value is -4.84. The van der Waals surface area contributed by atoms with E-state index in [4.69, 9.17) is 4.74 Å². The largest absolute Gasteiger partial charge is 0.573 e. The molecule has 1 aromatic heterocycles. The summed E-state index contributed by atoms with van der Waals surface area (Å²) in [6.45, 7) is 12.0. The van der Waals surface area contributed by atoms with E-state index in [0.717, 1.165) is 49.1 Å². The summed E-state index contributed by atoms with van der Waals surface area (Å²) >= 11 is 0. The second-order valence-electron chi connectivity index (χ2n) is 11.0. The van der Waals surface area contributed by atoms with Crippen LogP contribution in [-0.2, 0) is 0 Å².